The summed E-state index contributed by atoms with van der Waals surface area (Å²) in [5.74, 6) is 0.221. The zero-order chi connectivity index (χ0) is 32.2. The molecule has 8 nitrogen and oxygen atoms in total. The molecule has 8 rings (SSSR count). The van der Waals surface area contributed by atoms with Gasteiger partial charge in [0.25, 0.3) is 5.56 Å². The summed E-state index contributed by atoms with van der Waals surface area (Å²) in [6, 6.07) is 13.9. The van der Waals surface area contributed by atoms with Crippen LogP contribution in [0.5, 0.6) is 0 Å². The van der Waals surface area contributed by atoms with E-state index in [1.54, 1.807) is 23.0 Å². The highest BCUT2D eigenvalue weighted by Gasteiger charge is 2.25. The summed E-state index contributed by atoms with van der Waals surface area (Å²) < 4.78 is 5.29. The molecule has 0 saturated carbocycles. The third-order valence-electron chi connectivity index (χ3n) is 9.19. The van der Waals surface area contributed by atoms with Crippen LogP contribution in [0.15, 0.2) is 56.8 Å². The Balaban J connectivity index is 0.949. The number of hydrogen-bond acceptors (Lipinski definition) is 9. The van der Waals surface area contributed by atoms with Crippen LogP contribution in [-0.2, 0) is 37.5 Å². The molecule has 0 spiro atoms. The van der Waals surface area contributed by atoms with Crippen LogP contribution in [-0.4, -0.2) is 41.9 Å². The molecular weight excluding hydrogens is 667 g/mol. The van der Waals surface area contributed by atoms with Crippen molar-refractivity contribution in [3.8, 4) is 0 Å². The molecule has 0 radical (unpaired) electrons. The normalized spacial score (nSPS) is 15.2. The van der Waals surface area contributed by atoms with Gasteiger partial charge in [-0.25, -0.2) is 9.97 Å². The lowest BCUT2D eigenvalue weighted by Gasteiger charge is -2.14. The van der Waals surface area contributed by atoms with Crippen LogP contribution in [0, 0.1) is 0 Å². The van der Waals surface area contributed by atoms with Crippen molar-refractivity contribution in [2.45, 2.75) is 73.0 Å². The summed E-state index contributed by atoms with van der Waals surface area (Å²) in [6.45, 7) is 1.83. The predicted octanol–water partition coefficient (Wildman–Crippen LogP) is 7.87. The number of thiazole rings is 1. The van der Waals surface area contributed by atoms with Gasteiger partial charge in [-0.15, -0.1) is 22.7 Å². The molecule has 2 aliphatic carbocycles. The minimum atomic E-state index is -0.468. The van der Waals surface area contributed by atoms with E-state index in [1.165, 1.54) is 68.4 Å². The van der Waals surface area contributed by atoms with Crippen molar-refractivity contribution in [3.63, 3.8) is 0 Å². The van der Waals surface area contributed by atoms with Gasteiger partial charge < -0.3 is 5.32 Å². The second-order valence-electron chi connectivity index (χ2n) is 12.2. The van der Waals surface area contributed by atoms with Crippen molar-refractivity contribution in [1.29, 1.82) is 0 Å². The zero-order valence-electron chi connectivity index (χ0n) is 26.1. The second-order valence-corrected chi connectivity index (χ2v) is 16.9. The molecule has 0 saturated heterocycles. The molecule has 0 fully saturated rings. The topological polar surface area (TPSA) is 98.9 Å². The Morgan fingerprint density at radius 3 is 2.64 bits per heavy atom. The number of aryl methyl sites for hydroxylation is 3. The van der Waals surface area contributed by atoms with Gasteiger partial charge in [-0.1, -0.05) is 41.7 Å². The third-order valence-corrected chi connectivity index (χ3v) is 13.7. The van der Waals surface area contributed by atoms with E-state index in [9.17, 15) is 14.4 Å². The van der Waals surface area contributed by atoms with Gasteiger partial charge in [0.2, 0.25) is 11.8 Å². The van der Waals surface area contributed by atoms with Gasteiger partial charge in [0.15, 0.2) is 9.50 Å². The number of anilines is 1. The molecule has 12 heteroatoms. The average Bonchev–Trinajstić information content (AvgIpc) is 3.77. The second kappa shape index (κ2) is 12.5. The summed E-state index contributed by atoms with van der Waals surface area (Å²) in [4.78, 5) is 51.7. The number of carbonyl (C=O) groups is 2. The number of nitrogens with one attached hydrogen (secondary N) is 1. The van der Waals surface area contributed by atoms with Gasteiger partial charge >= 0.3 is 0 Å². The summed E-state index contributed by atoms with van der Waals surface area (Å²) in [5.41, 5.74) is 6.16. The van der Waals surface area contributed by atoms with Gasteiger partial charge in [0.05, 0.1) is 32.1 Å². The number of fused-ring (bicyclic) bond motifs is 7. The first-order valence-electron chi connectivity index (χ1n) is 16.0. The molecule has 6 aromatic rings. The number of amides is 1. The first-order valence-corrected chi connectivity index (χ1v) is 19.5. The molecule has 2 aromatic carbocycles. The zero-order valence-corrected chi connectivity index (χ0v) is 29.4. The number of para-hydroxylation sites is 1. The Kier molecular flexibility index (Phi) is 8.23. The SMILES string of the molecule is CC(Sc1nc2sc3c(c2c(=O)n1C)CCCC3)C(=O)Nc1ccc2nc(SCC(=O)n3c4c(c5ccccc53)CCCC4)sc2c1. The maximum Gasteiger partial charge on any atom is 0.262 e. The van der Waals surface area contributed by atoms with Crippen LogP contribution in [0.4, 0.5) is 5.69 Å². The molecular formula is C35H33N5O3S4. The van der Waals surface area contributed by atoms with Gasteiger partial charge in [-0.3, -0.25) is 23.5 Å². The highest BCUT2D eigenvalue weighted by Crippen LogP contribution is 2.37. The van der Waals surface area contributed by atoms with E-state index in [4.69, 9.17) is 9.97 Å². The molecule has 1 N–H and O–H groups in total. The molecule has 2 aliphatic rings. The largest absolute Gasteiger partial charge is 0.325 e. The van der Waals surface area contributed by atoms with E-state index in [-0.39, 0.29) is 17.4 Å². The van der Waals surface area contributed by atoms with E-state index < -0.39 is 5.25 Å². The lowest BCUT2D eigenvalue weighted by Crippen LogP contribution is -2.25. The summed E-state index contributed by atoms with van der Waals surface area (Å²) >= 11 is 5.91. The lowest BCUT2D eigenvalue weighted by molar-refractivity contribution is -0.115. The number of nitrogens with zero attached hydrogens (tertiary/aromatic N) is 4. The fourth-order valence-corrected chi connectivity index (χ4v) is 11.0. The molecule has 240 valence electrons. The van der Waals surface area contributed by atoms with Crippen molar-refractivity contribution in [3.05, 3.63) is 74.5 Å². The van der Waals surface area contributed by atoms with Crippen molar-refractivity contribution in [1.82, 2.24) is 19.1 Å². The summed E-state index contributed by atoms with van der Waals surface area (Å²) in [7, 11) is 1.74. The number of carbonyl (C=O) groups excluding carboxylic acids is 2. The number of hydrogen-bond donors (Lipinski definition) is 1. The number of thiophene rings is 1. The van der Waals surface area contributed by atoms with E-state index in [1.807, 2.05) is 35.8 Å². The lowest BCUT2D eigenvalue weighted by atomic mass is 9.96. The van der Waals surface area contributed by atoms with E-state index in [2.05, 4.69) is 23.5 Å². The fraction of sp³-hybridized carbons (Fsp3) is 0.343. The van der Waals surface area contributed by atoms with Gasteiger partial charge in [-0.2, -0.15) is 0 Å². The highest BCUT2D eigenvalue weighted by atomic mass is 32.2. The first-order chi connectivity index (χ1) is 22.9. The maximum atomic E-state index is 13.5. The molecule has 1 amide bonds. The number of rotatable bonds is 7. The highest BCUT2D eigenvalue weighted by molar-refractivity contribution is 8.01. The Labute approximate surface area is 288 Å². The maximum absolute atomic E-state index is 13.5. The van der Waals surface area contributed by atoms with E-state index in [0.717, 1.165) is 75.2 Å². The minimum absolute atomic E-state index is 0.0309. The number of thioether (sulfide) groups is 2. The fourth-order valence-electron chi connectivity index (χ4n) is 6.84. The van der Waals surface area contributed by atoms with Crippen molar-refractivity contribution in [2.75, 3.05) is 11.1 Å². The Bertz CT molecular complexity index is 2280. The smallest absolute Gasteiger partial charge is 0.262 e. The predicted molar refractivity (Wildman–Crippen MR) is 195 cm³/mol. The molecule has 4 aromatic heterocycles. The quantitative estimate of drug-likeness (QED) is 0.134. The summed E-state index contributed by atoms with van der Waals surface area (Å²) in [6.07, 6.45) is 8.45. The van der Waals surface area contributed by atoms with Crippen LogP contribution in [0.25, 0.3) is 31.3 Å². The van der Waals surface area contributed by atoms with Crippen LogP contribution in [0.2, 0.25) is 0 Å². The van der Waals surface area contributed by atoms with Gasteiger partial charge in [-0.05, 0) is 93.7 Å². The molecule has 1 atom stereocenters. The average molecular weight is 700 g/mol. The third kappa shape index (κ3) is 5.62. The molecule has 1 unspecified atom stereocenters. The van der Waals surface area contributed by atoms with Gasteiger partial charge in [0, 0.05) is 28.7 Å². The Hall–Kier alpha value is -3.45. The van der Waals surface area contributed by atoms with E-state index in [0.29, 0.717) is 16.6 Å². The van der Waals surface area contributed by atoms with Crippen LogP contribution in [0.1, 0.15) is 59.1 Å². The van der Waals surface area contributed by atoms with Crippen LogP contribution in [0.3, 0.4) is 0 Å². The number of aromatic nitrogens is 4. The van der Waals surface area contributed by atoms with Crippen LogP contribution < -0.4 is 10.9 Å². The number of benzene rings is 2. The van der Waals surface area contributed by atoms with E-state index >= 15 is 0 Å². The van der Waals surface area contributed by atoms with Gasteiger partial charge in [0.1, 0.15) is 4.83 Å². The molecule has 47 heavy (non-hydrogen) atoms. The first kappa shape index (κ1) is 30.9. The molecule has 4 heterocycles. The van der Waals surface area contributed by atoms with Crippen LogP contribution >= 0.6 is 46.2 Å². The van der Waals surface area contributed by atoms with Crippen molar-refractivity contribution < 1.29 is 9.59 Å². The minimum Gasteiger partial charge on any atom is -0.325 e. The standard InChI is InChI=1S/C35H33N5O3S4/c1-19(45-34-38-32-30(33(43)39(34)2)23-11-5-8-14-27(23)46-32)31(42)36-20-15-16-24-28(17-20)47-35(37-24)44-18-29(41)40-25-12-6-3-9-21(25)22-10-4-7-13-26(22)40/h3,6,9,12,15-17,19H,4-5,7-8,10-11,13-14,18H2,1-2H3,(H,36,42). The monoisotopic (exact) mass is 699 g/mol. The molecule has 0 aliphatic heterocycles. The van der Waals surface area contributed by atoms with Crippen molar-refractivity contribution >= 4 is 95.0 Å². The summed E-state index contributed by atoms with van der Waals surface area (Å²) in [5, 5.41) is 5.07. The van der Waals surface area contributed by atoms with Crippen molar-refractivity contribution in [2.24, 2.45) is 7.05 Å². The Morgan fingerprint density at radius 1 is 0.979 bits per heavy atom. The Morgan fingerprint density at radius 2 is 1.77 bits per heavy atom. The molecule has 0 bridgehead atoms.